The third-order valence-electron chi connectivity index (χ3n) is 4.07. The normalized spacial score (nSPS) is 11.5. The zero-order valence-electron chi connectivity index (χ0n) is 15.0. The lowest BCUT2D eigenvalue weighted by Gasteiger charge is -2.16. The maximum Gasteiger partial charge on any atom is 0.340 e. The van der Waals surface area contributed by atoms with Crippen LogP contribution < -0.4 is 5.32 Å². The maximum atomic E-state index is 13.1. The van der Waals surface area contributed by atoms with Crippen LogP contribution in [-0.4, -0.2) is 18.0 Å². The van der Waals surface area contributed by atoms with E-state index in [-0.39, 0.29) is 10.6 Å². The van der Waals surface area contributed by atoms with Crippen LogP contribution in [0.15, 0.2) is 72.8 Å². The number of amides is 1. The van der Waals surface area contributed by atoms with Crippen LogP contribution >= 0.6 is 11.6 Å². The molecule has 0 unspecified atom stereocenters. The van der Waals surface area contributed by atoms with Gasteiger partial charge in [0.15, 0.2) is 6.10 Å². The summed E-state index contributed by atoms with van der Waals surface area (Å²) in [5, 5.41) is 2.70. The van der Waals surface area contributed by atoms with Crippen molar-refractivity contribution in [2.45, 2.75) is 13.0 Å². The molecule has 28 heavy (non-hydrogen) atoms. The molecule has 0 heterocycles. The van der Waals surface area contributed by atoms with Gasteiger partial charge in [-0.2, -0.15) is 0 Å². The topological polar surface area (TPSA) is 55.4 Å². The van der Waals surface area contributed by atoms with Crippen molar-refractivity contribution >= 4 is 29.2 Å². The van der Waals surface area contributed by atoms with Crippen molar-refractivity contribution in [1.29, 1.82) is 0 Å². The Bertz CT molecular complexity index is 1010. The molecule has 4 nitrogen and oxygen atoms in total. The van der Waals surface area contributed by atoms with E-state index in [1.54, 1.807) is 12.1 Å². The lowest BCUT2D eigenvalue weighted by molar-refractivity contribution is -0.123. The number of nitrogens with one attached hydrogen (secondary N) is 1. The largest absolute Gasteiger partial charge is 0.449 e. The minimum absolute atomic E-state index is 0.00703. The smallest absolute Gasteiger partial charge is 0.340 e. The fourth-order valence-corrected chi connectivity index (χ4v) is 2.87. The van der Waals surface area contributed by atoms with E-state index in [9.17, 15) is 14.0 Å². The molecule has 0 bridgehead atoms. The van der Waals surface area contributed by atoms with Gasteiger partial charge in [-0.25, -0.2) is 9.18 Å². The second-order valence-electron chi connectivity index (χ2n) is 6.07. The van der Waals surface area contributed by atoms with Gasteiger partial charge in [0, 0.05) is 11.3 Å². The Kier molecular flexibility index (Phi) is 6.06. The van der Waals surface area contributed by atoms with E-state index >= 15 is 0 Å². The monoisotopic (exact) mass is 397 g/mol. The Balaban J connectivity index is 1.72. The Morgan fingerprint density at radius 3 is 2.39 bits per heavy atom. The third kappa shape index (κ3) is 4.56. The summed E-state index contributed by atoms with van der Waals surface area (Å²) in [4.78, 5) is 24.7. The van der Waals surface area contributed by atoms with E-state index in [4.69, 9.17) is 16.3 Å². The zero-order chi connectivity index (χ0) is 20.1. The Labute approximate surface area is 166 Å². The average molecular weight is 398 g/mol. The summed E-state index contributed by atoms with van der Waals surface area (Å²) in [6.45, 7) is 1.45. The number of hydrogen-bond donors (Lipinski definition) is 1. The molecule has 0 saturated heterocycles. The molecule has 142 valence electrons. The van der Waals surface area contributed by atoms with Crippen molar-refractivity contribution < 1.29 is 18.7 Å². The molecular formula is C22H17ClFNO3. The van der Waals surface area contributed by atoms with Gasteiger partial charge in [0.05, 0.1) is 10.6 Å². The van der Waals surface area contributed by atoms with Crippen LogP contribution in [0.5, 0.6) is 0 Å². The minimum atomic E-state index is -1.07. The van der Waals surface area contributed by atoms with E-state index in [0.717, 1.165) is 23.3 Å². The predicted octanol–water partition coefficient (Wildman–Crippen LogP) is 5.33. The Morgan fingerprint density at radius 1 is 1.00 bits per heavy atom. The van der Waals surface area contributed by atoms with Crippen LogP contribution in [0.2, 0.25) is 5.02 Å². The van der Waals surface area contributed by atoms with Gasteiger partial charge in [0.25, 0.3) is 5.91 Å². The molecule has 1 N–H and O–H groups in total. The van der Waals surface area contributed by atoms with Crippen molar-refractivity contribution in [2.24, 2.45) is 0 Å². The van der Waals surface area contributed by atoms with Gasteiger partial charge in [-0.3, -0.25) is 4.79 Å². The van der Waals surface area contributed by atoms with Crippen LogP contribution in [0.3, 0.4) is 0 Å². The summed E-state index contributed by atoms with van der Waals surface area (Å²) in [7, 11) is 0. The number of benzene rings is 3. The van der Waals surface area contributed by atoms with Crippen LogP contribution in [0.25, 0.3) is 11.1 Å². The minimum Gasteiger partial charge on any atom is -0.449 e. The molecule has 3 aromatic rings. The molecule has 0 saturated carbocycles. The molecule has 6 heteroatoms. The first-order valence-corrected chi connectivity index (χ1v) is 8.95. The van der Waals surface area contributed by atoms with Gasteiger partial charge < -0.3 is 10.1 Å². The summed E-state index contributed by atoms with van der Waals surface area (Å²) in [6, 6.07) is 20.3. The summed E-state index contributed by atoms with van der Waals surface area (Å²) in [5.41, 5.74) is 2.38. The van der Waals surface area contributed by atoms with Crippen LogP contribution in [0, 0.1) is 5.82 Å². The second kappa shape index (κ2) is 8.67. The van der Waals surface area contributed by atoms with Gasteiger partial charge >= 0.3 is 5.97 Å². The summed E-state index contributed by atoms with van der Waals surface area (Å²) in [5.74, 6) is -1.86. The van der Waals surface area contributed by atoms with Gasteiger partial charge in [-0.05, 0) is 36.8 Å². The van der Waals surface area contributed by atoms with Crippen LogP contribution in [-0.2, 0) is 9.53 Å². The molecule has 0 fully saturated rings. The van der Waals surface area contributed by atoms with Crippen molar-refractivity contribution in [3.8, 4) is 11.1 Å². The number of rotatable bonds is 5. The van der Waals surface area contributed by atoms with Gasteiger partial charge in [-0.15, -0.1) is 0 Å². The molecule has 0 radical (unpaired) electrons. The number of para-hydroxylation sites is 1. The highest BCUT2D eigenvalue weighted by atomic mass is 35.5. The lowest BCUT2D eigenvalue weighted by Crippen LogP contribution is -2.30. The predicted molar refractivity (Wildman–Crippen MR) is 107 cm³/mol. The van der Waals surface area contributed by atoms with E-state index in [2.05, 4.69) is 5.32 Å². The van der Waals surface area contributed by atoms with E-state index < -0.39 is 23.8 Å². The molecular weight excluding hydrogens is 381 g/mol. The second-order valence-corrected chi connectivity index (χ2v) is 6.48. The number of anilines is 1. The van der Waals surface area contributed by atoms with Crippen LogP contribution in [0.4, 0.5) is 10.1 Å². The first-order valence-electron chi connectivity index (χ1n) is 8.57. The van der Waals surface area contributed by atoms with E-state index in [0.29, 0.717) is 5.69 Å². The number of esters is 1. The molecule has 3 rings (SSSR count). The standard InChI is InChI=1S/C22H17ClFNO3/c1-14(28-22(27)18-12-11-16(24)13-19(18)23)21(26)25-20-10-6-5-9-17(20)15-7-3-2-4-8-15/h2-14H,1H3,(H,25,26)/t14-/m1/s1. The molecule has 1 atom stereocenters. The molecule has 1 amide bonds. The molecule has 0 spiro atoms. The van der Waals surface area contributed by atoms with E-state index in [1.807, 2.05) is 42.5 Å². The number of carbonyl (C=O) groups excluding carboxylic acids is 2. The molecule has 0 aliphatic heterocycles. The van der Waals surface area contributed by atoms with Gasteiger partial charge in [0.2, 0.25) is 0 Å². The molecule has 0 aliphatic rings. The third-order valence-corrected chi connectivity index (χ3v) is 4.39. The Hall–Kier alpha value is -3.18. The van der Waals surface area contributed by atoms with Crippen molar-refractivity contribution in [2.75, 3.05) is 5.32 Å². The van der Waals surface area contributed by atoms with Crippen molar-refractivity contribution in [3.63, 3.8) is 0 Å². The zero-order valence-corrected chi connectivity index (χ0v) is 15.7. The summed E-state index contributed by atoms with van der Waals surface area (Å²) >= 11 is 5.86. The van der Waals surface area contributed by atoms with Gasteiger partial charge in [-0.1, -0.05) is 60.1 Å². The van der Waals surface area contributed by atoms with Crippen molar-refractivity contribution in [3.05, 3.63) is 89.2 Å². The SMILES string of the molecule is C[C@@H](OC(=O)c1ccc(F)cc1Cl)C(=O)Nc1ccccc1-c1ccccc1. The fourth-order valence-electron chi connectivity index (χ4n) is 2.63. The van der Waals surface area contributed by atoms with Gasteiger partial charge in [0.1, 0.15) is 5.82 Å². The lowest BCUT2D eigenvalue weighted by atomic mass is 10.0. The highest BCUT2D eigenvalue weighted by Crippen LogP contribution is 2.27. The highest BCUT2D eigenvalue weighted by Gasteiger charge is 2.21. The maximum absolute atomic E-state index is 13.1. The van der Waals surface area contributed by atoms with Crippen molar-refractivity contribution in [1.82, 2.24) is 0 Å². The summed E-state index contributed by atoms with van der Waals surface area (Å²) in [6.07, 6.45) is -1.07. The first kappa shape index (κ1) is 19.6. The molecule has 0 aliphatic carbocycles. The van der Waals surface area contributed by atoms with E-state index in [1.165, 1.54) is 13.0 Å². The molecule has 0 aromatic heterocycles. The van der Waals surface area contributed by atoms with Crippen LogP contribution in [0.1, 0.15) is 17.3 Å². The average Bonchev–Trinajstić information content (AvgIpc) is 2.69. The highest BCUT2D eigenvalue weighted by molar-refractivity contribution is 6.33. The number of carbonyl (C=O) groups is 2. The first-order chi connectivity index (χ1) is 13.5. The molecule has 3 aromatic carbocycles. The quantitative estimate of drug-likeness (QED) is 0.592. The Morgan fingerprint density at radius 2 is 1.68 bits per heavy atom. The summed E-state index contributed by atoms with van der Waals surface area (Å²) < 4.78 is 18.3. The fraction of sp³-hybridized carbons (Fsp3) is 0.0909. The number of hydrogen-bond acceptors (Lipinski definition) is 3. The number of ether oxygens (including phenoxy) is 1. The number of halogens is 2.